The Morgan fingerprint density at radius 2 is 2.21 bits per heavy atom. The molecule has 0 saturated carbocycles. The fourth-order valence-electron chi connectivity index (χ4n) is 0.983. The van der Waals surface area contributed by atoms with Crippen LogP contribution in [0, 0.1) is 0 Å². The van der Waals surface area contributed by atoms with E-state index in [0.717, 1.165) is 36.9 Å². The summed E-state index contributed by atoms with van der Waals surface area (Å²) in [5.41, 5.74) is 0. The fraction of sp³-hybridized carbons (Fsp3) is 0.778. The Morgan fingerprint density at radius 1 is 1.43 bits per heavy atom. The highest BCUT2D eigenvalue weighted by molar-refractivity contribution is 7.09. The molecule has 0 saturated heterocycles. The van der Waals surface area contributed by atoms with Crippen molar-refractivity contribution in [3.05, 3.63) is 5.82 Å². The maximum Gasteiger partial charge on any atom is 0.202 e. The van der Waals surface area contributed by atoms with Crippen LogP contribution >= 0.6 is 11.5 Å². The molecule has 1 N–H and O–H groups in total. The third-order valence-electron chi connectivity index (χ3n) is 1.78. The minimum Gasteiger partial charge on any atom is -0.360 e. The van der Waals surface area contributed by atoms with Gasteiger partial charge in [0.15, 0.2) is 0 Å². The van der Waals surface area contributed by atoms with E-state index in [-0.39, 0.29) is 0 Å². The zero-order valence-corrected chi connectivity index (χ0v) is 9.89. The molecule has 0 radical (unpaired) electrons. The van der Waals surface area contributed by atoms with Gasteiger partial charge in [0.2, 0.25) is 5.13 Å². The van der Waals surface area contributed by atoms with Gasteiger partial charge in [-0.2, -0.15) is 4.37 Å². The summed E-state index contributed by atoms with van der Waals surface area (Å²) in [5.74, 6) is 0.947. The molecule has 0 aliphatic heterocycles. The van der Waals surface area contributed by atoms with Gasteiger partial charge >= 0.3 is 0 Å². The summed E-state index contributed by atoms with van der Waals surface area (Å²) in [6.07, 6.45) is 2.05. The monoisotopic (exact) mass is 214 g/mol. The fourth-order valence-corrected chi connectivity index (χ4v) is 1.62. The highest BCUT2D eigenvalue weighted by Gasteiger charge is 2.03. The number of anilines is 1. The molecule has 5 heteroatoms. The Morgan fingerprint density at radius 3 is 2.86 bits per heavy atom. The molecule has 0 amide bonds. The molecule has 4 nitrogen and oxygen atoms in total. The standard InChI is InChI=1S/C9H18N4S/c1-4-6-10-9-11-8(12-14-9)5-7-13(2)3/h4-7H2,1-3H3,(H,10,11,12). The number of aromatic nitrogens is 2. The molecule has 0 aliphatic rings. The Labute approximate surface area is 89.5 Å². The zero-order chi connectivity index (χ0) is 10.4. The third kappa shape index (κ3) is 4.02. The number of nitrogens with one attached hydrogen (secondary N) is 1. The largest absolute Gasteiger partial charge is 0.360 e. The van der Waals surface area contributed by atoms with Crippen LogP contribution in [0.5, 0.6) is 0 Å². The molecular formula is C9H18N4S. The van der Waals surface area contributed by atoms with E-state index in [0.29, 0.717) is 0 Å². The highest BCUT2D eigenvalue weighted by atomic mass is 32.1. The Bertz CT molecular complexity index is 259. The number of rotatable bonds is 6. The molecule has 0 spiro atoms. The molecular weight excluding hydrogens is 196 g/mol. The summed E-state index contributed by atoms with van der Waals surface area (Å²) in [7, 11) is 4.12. The van der Waals surface area contributed by atoms with Gasteiger partial charge in [0.05, 0.1) is 0 Å². The molecule has 0 aromatic carbocycles. The first-order valence-electron chi connectivity index (χ1n) is 4.93. The van der Waals surface area contributed by atoms with Gasteiger partial charge in [-0.1, -0.05) is 6.92 Å². The van der Waals surface area contributed by atoms with E-state index in [2.05, 4.69) is 40.6 Å². The van der Waals surface area contributed by atoms with E-state index < -0.39 is 0 Å². The second-order valence-electron chi connectivity index (χ2n) is 3.50. The Kier molecular flexibility index (Phi) is 4.82. The minimum atomic E-state index is 0.928. The molecule has 14 heavy (non-hydrogen) atoms. The predicted molar refractivity (Wildman–Crippen MR) is 60.9 cm³/mol. The van der Waals surface area contributed by atoms with E-state index in [1.807, 2.05) is 0 Å². The normalized spacial score (nSPS) is 10.9. The number of hydrogen-bond donors (Lipinski definition) is 1. The number of likely N-dealkylation sites (N-methyl/N-ethyl adjacent to an activating group) is 1. The molecule has 1 rings (SSSR count). The van der Waals surface area contributed by atoms with Gasteiger partial charge in [0.1, 0.15) is 5.82 Å². The van der Waals surface area contributed by atoms with Crippen LogP contribution in [0.1, 0.15) is 19.2 Å². The molecule has 1 heterocycles. The van der Waals surface area contributed by atoms with Gasteiger partial charge < -0.3 is 10.2 Å². The lowest BCUT2D eigenvalue weighted by Crippen LogP contribution is -2.15. The Balaban J connectivity index is 2.35. The number of hydrogen-bond acceptors (Lipinski definition) is 5. The van der Waals surface area contributed by atoms with Gasteiger partial charge in [-0.25, -0.2) is 4.98 Å². The first kappa shape index (κ1) is 11.4. The third-order valence-corrected chi connectivity index (χ3v) is 2.49. The second-order valence-corrected chi connectivity index (χ2v) is 4.25. The summed E-state index contributed by atoms with van der Waals surface area (Å²) in [5, 5.41) is 4.18. The molecule has 0 unspecified atom stereocenters. The smallest absolute Gasteiger partial charge is 0.202 e. The van der Waals surface area contributed by atoms with Crippen LogP contribution in [0.2, 0.25) is 0 Å². The number of nitrogens with zero attached hydrogens (tertiary/aromatic N) is 3. The summed E-state index contributed by atoms with van der Waals surface area (Å²) in [4.78, 5) is 6.53. The maximum absolute atomic E-state index is 4.39. The summed E-state index contributed by atoms with van der Waals surface area (Å²) >= 11 is 1.45. The van der Waals surface area contributed by atoms with E-state index in [1.165, 1.54) is 11.5 Å². The van der Waals surface area contributed by atoms with Gasteiger partial charge in [0, 0.05) is 31.0 Å². The van der Waals surface area contributed by atoms with Crippen LogP contribution in [-0.2, 0) is 6.42 Å². The van der Waals surface area contributed by atoms with Crippen molar-refractivity contribution in [3.8, 4) is 0 Å². The molecule has 1 aromatic heterocycles. The van der Waals surface area contributed by atoms with E-state index in [9.17, 15) is 0 Å². The lowest BCUT2D eigenvalue weighted by Gasteiger charge is -2.05. The molecule has 80 valence electrons. The average Bonchev–Trinajstić information content (AvgIpc) is 2.59. The predicted octanol–water partition coefficient (Wildman–Crippen LogP) is 1.46. The summed E-state index contributed by atoms with van der Waals surface area (Å²) in [6.45, 7) is 4.12. The van der Waals surface area contributed by atoms with Crippen LogP contribution in [0.3, 0.4) is 0 Å². The van der Waals surface area contributed by atoms with Crippen molar-refractivity contribution >= 4 is 16.7 Å². The first-order chi connectivity index (χ1) is 6.72. The van der Waals surface area contributed by atoms with Crippen molar-refractivity contribution in [2.75, 3.05) is 32.5 Å². The maximum atomic E-state index is 4.39. The minimum absolute atomic E-state index is 0.928. The van der Waals surface area contributed by atoms with Crippen molar-refractivity contribution in [1.29, 1.82) is 0 Å². The second kappa shape index (κ2) is 5.93. The van der Waals surface area contributed by atoms with E-state index >= 15 is 0 Å². The van der Waals surface area contributed by atoms with Crippen molar-refractivity contribution in [2.45, 2.75) is 19.8 Å². The SMILES string of the molecule is CCCNc1nc(CCN(C)C)ns1. The molecule has 0 atom stereocenters. The van der Waals surface area contributed by atoms with Crippen molar-refractivity contribution < 1.29 is 0 Å². The lowest BCUT2D eigenvalue weighted by molar-refractivity contribution is 0.410. The van der Waals surface area contributed by atoms with Gasteiger partial charge in [-0.3, -0.25) is 0 Å². The topological polar surface area (TPSA) is 41.1 Å². The highest BCUT2D eigenvalue weighted by Crippen LogP contribution is 2.10. The van der Waals surface area contributed by atoms with Crippen molar-refractivity contribution in [2.24, 2.45) is 0 Å². The van der Waals surface area contributed by atoms with Crippen molar-refractivity contribution in [3.63, 3.8) is 0 Å². The molecule has 0 fully saturated rings. The quantitative estimate of drug-likeness (QED) is 0.778. The summed E-state index contributed by atoms with van der Waals surface area (Å²) in [6, 6.07) is 0. The summed E-state index contributed by atoms with van der Waals surface area (Å²) < 4.78 is 4.28. The van der Waals surface area contributed by atoms with Crippen LogP contribution in [-0.4, -0.2) is 41.4 Å². The van der Waals surface area contributed by atoms with Crippen LogP contribution < -0.4 is 5.32 Å². The Hall–Kier alpha value is -0.680. The molecule has 1 aromatic rings. The first-order valence-corrected chi connectivity index (χ1v) is 5.71. The van der Waals surface area contributed by atoms with E-state index in [1.54, 1.807) is 0 Å². The lowest BCUT2D eigenvalue weighted by atomic mass is 10.4. The van der Waals surface area contributed by atoms with Gasteiger partial charge in [-0.15, -0.1) is 0 Å². The van der Waals surface area contributed by atoms with E-state index in [4.69, 9.17) is 0 Å². The van der Waals surface area contributed by atoms with Crippen LogP contribution in [0.25, 0.3) is 0 Å². The van der Waals surface area contributed by atoms with Gasteiger partial charge in [-0.05, 0) is 20.5 Å². The average molecular weight is 214 g/mol. The zero-order valence-electron chi connectivity index (χ0n) is 9.08. The van der Waals surface area contributed by atoms with Gasteiger partial charge in [0.25, 0.3) is 0 Å². The van der Waals surface area contributed by atoms with Crippen LogP contribution in [0.15, 0.2) is 0 Å². The molecule has 0 aliphatic carbocycles. The molecule has 0 bridgehead atoms. The van der Waals surface area contributed by atoms with Crippen molar-refractivity contribution in [1.82, 2.24) is 14.3 Å². The van der Waals surface area contributed by atoms with Crippen LogP contribution in [0.4, 0.5) is 5.13 Å².